The quantitative estimate of drug-likeness (QED) is 0.160. The van der Waals surface area contributed by atoms with Crippen LogP contribution in [0.4, 0.5) is 5.69 Å². The predicted octanol–water partition coefficient (Wildman–Crippen LogP) is 6.34. The van der Waals surface area contributed by atoms with Gasteiger partial charge in [-0.3, -0.25) is 5.73 Å². The summed E-state index contributed by atoms with van der Waals surface area (Å²) < 4.78 is 0. The molecule has 0 atom stereocenters. The lowest BCUT2D eigenvalue weighted by atomic mass is 9.62. The molecule has 5 aromatic rings. The molecule has 196 valence electrons. The number of aliphatic hydroxyl groups is 2. The third kappa shape index (κ3) is 4.16. The lowest BCUT2D eigenvalue weighted by Gasteiger charge is -2.47. The second kappa shape index (κ2) is 10.1. The van der Waals surface area contributed by atoms with Gasteiger partial charge in [0.05, 0.1) is 0 Å². The third-order valence-electron chi connectivity index (χ3n) is 7.56. The Balaban J connectivity index is 1.86. The highest BCUT2D eigenvalue weighted by Gasteiger charge is 2.53. The van der Waals surface area contributed by atoms with Crippen LogP contribution in [0.15, 0.2) is 146 Å². The normalized spacial score (nSPS) is 21.0. The Bertz CT molecular complexity index is 1590. The number of benzene rings is 5. The van der Waals surface area contributed by atoms with Crippen molar-refractivity contribution in [3.63, 3.8) is 0 Å². The van der Waals surface area contributed by atoms with E-state index >= 15 is 0 Å². The molecular weight excluding hydrogens is 492 g/mol. The summed E-state index contributed by atoms with van der Waals surface area (Å²) in [5, 5.41) is 26.1. The van der Waals surface area contributed by atoms with E-state index in [0.717, 1.165) is 11.1 Å². The molecule has 6 N–H and O–H groups in total. The fraction of sp³-hybridized carbons (Fsp3) is 0.0556. The van der Waals surface area contributed by atoms with E-state index in [1.807, 2.05) is 133 Å². The monoisotopic (exact) mass is 522 g/mol. The van der Waals surface area contributed by atoms with Crippen molar-refractivity contribution in [2.24, 2.45) is 5.73 Å². The molecule has 0 heterocycles. The van der Waals surface area contributed by atoms with Crippen LogP contribution < -0.4 is 11.5 Å². The summed E-state index contributed by atoms with van der Waals surface area (Å²) in [5.74, 6) is 0. The lowest BCUT2D eigenvalue weighted by Crippen LogP contribution is -2.49. The zero-order chi connectivity index (χ0) is 27.7. The first-order valence-electron chi connectivity index (χ1n) is 13.2. The fourth-order valence-corrected chi connectivity index (χ4v) is 5.86. The molecule has 0 unspecified atom stereocenters. The maximum Gasteiger partial charge on any atom is 0.168 e. The van der Waals surface area contributed by atoms with E-state index in [0.29, 0.717) is 44.7 Å². The molecule has 0 amide bonds. The first kappa shape index (κ1) is 25.5. The van der Waals surface area contributed by atoms with E-state index in [9.17, 15) is 10.2 Å². The van der Waals surface area contributed by atoms with Crippen molar-refractivity contribution >= 4 is 28.0 Å². The number of rotatable bonds is 5. The minimum Gasteiger partial charge on any atom is -0.399 e. The maximum atomic E-state index is 13.4. The van der Waals surface area contributed by atoms with Crippen molar-refractivity contribution in [1.29, 1.82) is 0 Å². The fourth-order valence-electron chi connectivity index (χ4n) is 5.86. The van der Waals surface area contributed by atoms with E-state index < -0.39 is 11.3 Å². The van der Waals surface area contributed by atoms with Crippen LogP contribution in [-0.2, 0) is 5.60 Å². The summed E-state index contributed by atoms with van der Waals surface area (Å²) in [6, 6.07) is 45.6. The standard InChI is InChI=1S/C36H30N2O2/c37-30-23-21-29(22-24-30)35(39)31(25-13-5-1-6-14-25)33(27-17-9-3-10-18-27)36(38,40)34(28-19-11-4-12-20-28)32(35)26-15-7-2-8-16-26/h1-24,39-40H,37-38H2. The predicted molar refractivity (Wildman–Crippen MR) is 163 cm³/mol. The van der Waals surface area contributed by atoms with Gasteiger partial charge in [-0.1, -0.05) is 133 Å². The highest BCUT2D eigenvalue weighted by Crippen LogP contribution is 2.59. The largest absolute Gasteiger partial charge is 0.399 e. The SMILES string of the molecule is Nc1ccc(C2(O)C(c3ccccc3)=C(c3ccccc3)C(N)(O)C(c3ccccc3)=C2c2ccccc2)cc1. The van der Waals surface area contributed by atoms with Gasteiger partial charge < -0.3 is 15.9 Å². The molecular formula is C36H30N2O2. The van der Waals surface area contributed by atoms with Gasteiger partial charge in [0, 0.05) is 28.0 Å². The van der Waals surface area contributed by atoms with Gasteiger partial charge >= 0.3 is 0 Å². The summed E-state index contributed by atoms with van der Waals surface area (Å²) in [6.07, 6.45) is 0. The number of nitrogen functional groups attached to an aromatic ring is 1. The van der Waals surface area contributed by atoms with Crippen LogP contribution in [0.3, 0.4) is 0 Å². The molecule has 6 rings (SSSR count). The maximum absolute atomic E-state index is 13.4. The number of hydrogen-bond acceptors (Lipinski definition) is 4. The summed E-state index contributed by atoms with van der Waals surface area (Å²) in [4.78, 5) is 0. The van der Waals surface area contributed by atoms with Crippen LogP contribution >= 0.6 is 0 Å². The topological polar surface area (TPSA) is 92.5 Å². The Morgan fingerprint density at radius 2 is 0.700 bits per heavy atom. The van der Waals surface area contributed by atoms with Gasteiger partial charge in [0.25, 0.3) is 0 Å². The van der Waals surface area contributed by atoms with Gasteiger partial charge in [0.15, 0.2) is 5.72 Å². The third-order valence-corrected chi connectivity index (χ3v) is 7.56. The zero-order valence-electron chi connectivity index (χ0n) is 21.9. The molecule has 40 heavy (non-hydrogen) atoms. The Kier molecular flexibility index (Phi) is 6.45. The number of anilines is 1. The molecule has 0 bridgehead atoms. The molecule has 1 aliphatic carbocycles. The molecule has 0 fully saturated rings. The zero-order valence-corrected chi connectivity index (χ0v) is 21.9. The van der Waals surface area contributed by atoms with Gasteiger partial charge in [0.1, 0.15) is 5.60 Å². The van der Waals surface area contributed by atoms with E-state index in [2.05, 4.69) is 0 Å². The summed E-state index contributed by atoms with van der Waals surface area (Å²) in [7, 11) is 0. The van der Waals surface area contributed by atoms with Crippen molar-refractivity contribution in [3.8, 4) is 0 Å². The van der Waals surface area contributed by atoms with E-state index in [-0.39, 0.29) is 0 Å². The Morgan fingerprint density at radius 1 is 0.400 bits per heavy atom. The molecule has 0 saturated heterocycles. The molecule has 5 aromatic carbocycles. The van der Waals surface area contributed by atoms with Crippen LogP contribution in [0.2, 0.25) is 0 Å². The van der Waals surface area contributed by atoms with E-state index in [4.69, 9.17) is 11.5 Å². The molecule has 4 nitrogen and oxygen atoms in total. The highest BCUT2D eigenvalue weighted by molar-refractivity contribution is 6.17. The van der Waals surface area contributed by atoms with Crippen LogP contribution in [0.5, 0.6) is 0 Å². The molecule has 0 saturated carbocycles. The molecule has 0 spiro atoms. The first-order valence-corrected chi connectivity index (χ1v) is 13.2. The average Bonchev–Trinajstić information content (AvgIpc) is 2.99. The van der Waals surface area contributed by atoms with Gasteiger partial charge in [-0.15, -0.1) is 0 Å². The van der Waals surface area contributed by atoms with Crippen molar-refractivity contribution in [1.82, 2.24) is 0 Å². The average molecular weight is 523 g/mol. The minimum atomic E-state index is -1.97. The van der Waals surface area contributed by atoms with Gasteiger partial charge in [-0.2, -0.15) is 0 Å². The molecule has 0 aliphatic heterocycles. The highest BCUT2D eigenvalue weighted by atomic mass is 16.3. The summed E-state index contributed by atoms with van der Waals surface area (Å²) in [5.41, 5.74) is 15.5. The number of hydrogen-bond donors (Lipinski definition) is 4. The Morgan fingerprint density at radius 3 is 1.02 bits per heavy atom. The van der Waals surface area contributed by atoms with E-state index in [1.54, 1.807) is 12.1 Å². The van der Waals surface area contributed by atoms with Crippen LogP contribution in [0, 0.1) is 0 Å². The van der Waals surface area contributed by atoms with E-state index in [1.165, 1.54) is 0 Å². The first-order chi connectivity index (χ1) is 19.4. The molecule has 0 aromatic heterocycles. The summed E-state index contributed by atoms with van der Waals surface area (Å²) >= 11 is 0. The van der Waals surface area contributed by atoms with Crippen LogP contribution in [-0.4, -0.2) is 15.9 Å². The second-order valence-corrected chi connectivity index (χ2v) is 10.1. The van der Waals surface area contributed by atoms with Crippen molar-refractivity contribution in [2.45, 2.75) is 11.3 Å². The minimum absolute atomic E-state index is 0.428. The molecule has 0 radical (unpaired) electrons. The second-order valence-electron chi connectivity index (χ2n) is 10.1. The van der Waals surface area contributed by atoms with Crippen molar-refractivity contribution < 1.29 is 10.2 Å². The van der Waals surface area contributed by atoms with Crippen molar-refractivity contribution in [3.05, 3.63) is 173 Å². The summed E-state index contributed by atoms with van der Waals surface area (Å²) in [6.45, 7) is 0. The Hall–Kier alpha value is -4.74. The van der Waals surface area contributed by atoms with Gasteiger partial charge in [0.2, 0.25) is 0 Å². The molecule has 4 heteroatoms. The van der Waals surface area contributed by atoms with Gasteiger partial charge in [-0.25, -0.2) is 0 Å². The lowest BCUT2D eigenvalue weighted by molar-refractivity contribution is 0.141. The van der Waals surface area contributed by atoms with Gasteiger partial charge in [-0.05, 0) is 39.9 Å². The number of nitrogens with two attached hydrogens (primary N) is 2. The van der Waals surface area contributed by atoms with Crippen molar-refractivity contribution in [2.75, 3.05) is 5.73 Å². The van der Waals surface area contributed by atoms with Crippen LogP contribution in [0.1, 0.15) is 27.8 Å². The van der Waals surface area contributed by atoms with Crippen LogP contribution in [0.25, 0.3) is 22.3 Å². The smallest absolute Gasteiger partial charge is 0.168 e. The molecule has 1 aliphatic rings. The Labute approximate surface area is 234 Å².